The fraction of sp³-hybridized carbons (Fsp3) is 0.552. The Morgan fingerprint density at radius 1 is 0.529 bits per heavy atom. The minimum atomic E-state index is -0.0942. The summed E-state index contributed by atoms with van der Waals surface area (Å²) in [4.78, 5) is 18.0. The monoisotopic (exact) mass is 466 g/mol. The first-order valence-electron chi connectivity index (χ1n) is 12.6. The average molecular weight is 467 g/mol. The van der Waals surface area contributed by atoms with Crippen molar-refractivity contribution in [3.8, 4) is 22.6 Å². The van der Waals surface area contributed by atoms with Crippen LogP contribution in [0.2, 0.25) is 0 Å². The zero-order chi connectivity index (χ0) is 25.3. The quantitative estimate of drug-likeness (QED) is 0.316. The Balaban J connectivity index is 1.81. The smallest absolute Gasteiger partial charge is 0.194 e. The van der Waals surface area contributed by atoms with Crippen LogP contribution in [0, 0.1) is 0 Å². The van der Waals surface area contributed by atoms with E-state index in [1.54, 1.807) is 0 Å². The van der Waals surface area contributed by atoms with Crippen molar-refractivity contribution in [2.75, 3.05) is 0 Å². The van der Waals surface area contributed by atoms with Crippen LogP contribution in [-0.2, 0) is 0 Å². The third kappa shape index (κ3) is 5.31. The van der Waals surface area contributed by atoms with Gasteiger partial charge < -0.3 is 9.47 Å². The number of hydrogen-bond acceptors (Lipinski definition) is 5. The molecule has 0 aliphatic heterocycles. The Labute approximate surface area is 206 Å². The lowest BCUT2D eigenvalue weighted by atomic mass is 10.1. The SMILES string of the molecule is CC(C)N(C(C)C)C(C)Oc1ccc2c(c1)C(=O)c1cc(OC(C)N(C(C)C)C(C)C)ccc1-2. The van der Waals surface area contributed by atoms with Crippen molar-refractivity contribution in [3.63, 3.8) is 0 Å². The lowest BCUT2D eigenvalue weighted by Gasteiger charge is -2.36. The molecule has 3 rings (SSSR count). The second kappa shape index (κ2) is 10.5. The molecule has 5 nitrogen and oxygen atoms in total. The maximum absolute atomic E-state index is 13.3. The van der Waals surface area contributed by atoms with E-state index in [0.717, 1.165) is 11.1 Å². The number of ketones is 1. The van der Waals surface area contributed by atoms with Gasteiger partial charge in [0.2, 0.25) is 0 Å². The molecule has 0 aromatic heterocycles. The van der Waals surface area contributed by atoms with Crippen LogP contribution in [0.4, 0.5) is 0 Å². The molecule has 2 unspecified atom stereocenters. The van der Waals surface area contributed by atoms with Crippen molar-refractivity contribution < 1.29 is 14.3 Å². The second-order valence-corrected chi connectivity index (χ2v) is 10.4. The molecule has 0 heterocycles. The van der Waals surface area contributed by atoms with Crippen LogP contribution in [0.5, 0.6) is 11.5 Å². The largest absolute Gasteiger partial charge is 0.475 e. The first-order valence-corrected chi connectivity index (χ1v) is 12.6. The van der Waals surface area contributed by atoms with Crippen molar-refractivity contribution in [1.29, 1.82) is 0 Å². The fourth-order valence-corrected chi connectivity index (χ4v) is 5.57. The summed E-state index contributed by atoms with van der Waals surface area (Å²) in [5, 5.41) is 0. The number of rotatable bonds is 10. The second-order valence-electron chi connectivity index (χ2n) is 10.4. The molecule has 0 N–H and O–H groups in total. The van der Waals surface area contributed by atoms with Crippen LogP contribution < -0.4 is 9.47 Å². The molecule has 34 heavy (non-hydrogen) atoms. The zero-order valence-electron chi connectivity index (χ0n) is 22.5. The van der Waals surface area contributed by atoms with Gasteiger partial charge in [0.25, 0.3) is 0 Å². The van der Waals surface area contributed by atoms with Gasteiger partial charge in [-0.2, -0.15) is 0 Å². The molecule has 2 atom stereocenters. The molecule has 0 radical (unpaired) electrons. The van der Waals surface area contributed by atoms with Crippen LogP contribution in [0.25, 0.3) is 11.1 Å². The Hall–Kier alpha value is -2.37. The minimum Gasteiger partial charge on any atom is -0.475 e. The summed E-state index contributed by atoms with van der Waals surface area (Å²) in [5.74, 6) is 1.46. The van der Waals surface area contributed by atoms with E-state index >= 15 is 0 Å². The summed E-state index contributed by atoms with van der Waals surface area (Å²) in [6.45, 7) is 21.5. The van der Waals surface area contributed by atoms with Crippen LogP contribution in [-0.4, -0.2) is 52.2 Å². The van der Waals surface area contributed by atoms with Crippen molar-refractivity contribution in [3.05, 3.63) is 47.5 Å². The van der Waals surface area contributed by atoms with Gasteiger partial charge in [0.15, 0.2) is 5.78 Å². The van der Waals surface area contributed by atoms with Crippen LogP contribution in [0.15, 0.2) is 36.4 Å². The van der Waals surface area contributed by atoms with E-state index < -0.39 is 0 Å². The molecule has 1 aliphatic carbocycles. The van der Waals surface area contributed by atoms with Gasteiger partial charge >= 0.3 is 0 Å². The van der Waals surface area contributed by atoms with Crippen molar-refractivity contribution >= 4 is 5.78 Å². The summed E-state index contributed by atoms with van der Waals surface area (Å²) in [6, 6.07) is 13.1. The third-order valence-corrected chi connectivity index (χ3v) is 6.60. The maximum Gasteiger partial charge on any atom is 0.194 e. The van der Waals surface area contributed by atoms with Gasteiger partial charge in [-0.25, -0.2) is 0 Å². The topological polar surface area (TPSA) is 42.0 Å². The summed E-state index contributed by atoms with van der Waals surface area (Å²) < 4.78 is 12.5. The predicted octanol–water partition coefficient (Wildman–Crippen LogP) is 6.59. The van der Waals surface area contributed by atoms with E-state index in [-0.39, 0.29) is 18.2 Å². The van der Waals surface area contributed by atoms with E-state index in [9.17, 15) is 4.79 Å². The highest BCUT2D eigenvalue weighted by molar-refractivity contribution is 6.22. The molecule has 0 fully saturated rings. The summed E-state index contributed by atoms with van der Waals surface area (Å²) >= 11 is 0. The number of ether oxygens (including phenoxy) is 2. The first kappa shape index (κ1) is 26.2. The van der Waals surface area contributed by atoms with Gasteiger partial charge in [-0.05, 0) is 117 Å². The number of carbonyl (C=O) groups excluding carboxylic acids is 1. The molecule has 0 amide bonds. The zero-order valence-corrected chi connectivity index (χ0v) is 22.5. The van der Waals surface area contributed by atoms with Crippen molar-refractivity contribution in [1.82, 2.24) is 9.80 Å². The molecule has 0 saturated carbocycles. The Morgan fingerprint density at radius 3 is 1.15 bits per heavy atom. The van der Waals surface area contributed by atoms with E-state index in [1.807, 2.05) is 36.4 Å². The fourth-order valence-electron chi connectivity index (χ4n) is 5.57. The average Bonchev–Trinajstić information content (AvgIpc) is 2.98. The van der Waals surface area contributed by atoms with E-state index in [2.05, 4.69) is 79.0 Å². The molecule has 5 heteroatoms. The van der Waals surface area contributed by atoms with E-state index in [0.29, 0.717) is 46.8 Å². The van der Waals surface area contributed by atoms with Crippen LogP contribution >= 0.6 is 0 Å². The molecule has 0 bridgehead atoms. The molecule has 2 aromatic rings. The standard InChI is InChI=1S/C29H42N2O3/c1-17(2)30(18(3)4)21(9)33-23-11-13-25-26-14-12-24(16-28(26)29(32)27(25)15-23)34-22(10)31(19(5)6)20(7)8/h11-22H,1-10H3. The number of benzene rings is 2. The van der Waals surface area contributed by atoms with E-state index in [1.165, 1.54) is 0 Å². The van der Waals surface area contributed by atoms with Gasteiger partial charge in [-0.15, -0.1) is 0 Å². The van der Waals surface area contributed by atoms with Crippen LogP contribution in [0.3, 0.4) is 0 Å². The lowest BCUT2D eigenvalue weighted by Crippen LogP contribution is -2.46. The molecule has 0 spiro atoms. The van der Waals surface area contributed by atoms with Crippen LogP contribution in [0.1, 0.15) is 85.2 Å². The van der Waals surface area contributed by atoms with Crippen molar-refractivity contribution in [2.45, 2.75) is 106 Å². The minimum absolute atomic E-state index is 0.0235. The Morgan fingerprint density at radius 2 is 0.853 bits per heavy atom. The van der Waals surface area contributed by atoms with E-state index in [4.69, 9.17) is 9.47 Å². The van der Waals surface area contributed by atoms with Gasteiger partial charge in [-0.3, -0.25) is 14.6 Å². The van der Waals surface area contributed by atoms with Gasteiger partial charge in [0.05, 0.1) is 0 Å². The predicted molar refractivity (Wildman–Crippen MR) is 140 cm³/mol. The molecule has 186 valence electrons. The number of fused-ring (bicyclic) bond motifs is 3. The first-order chi connectivity index (χ1) is 15.9. The van der Waals surface area contributed by atoms with Gasteiger partial charge in [0.1, 0.15) is 24.0 Å². The number of nitrogens with zero attached hydrogens (tertiary/aromatic N) is 2. The summed E-state index contributed by atoms with van der Waals surface area (Å²) in [7, 11) is 0. The highest BCUT2D eigenvalue weighted by Gasteiger charge is 2.29. The summed E-state index contributed by atoms with van der Waals surface area (Å²) in [5.41, 5.74) is 3.29. The lowest BCUT2D eigenvalue weighted by molar-refractivity contribution is -0.00592. The highest BCUT2D eigenvalue weighted by atomic mass is 16.5. The van der Waals surface area contributed by atoms with Crippen molar-refractivity contribution in [2.24, 2.45) is 0 Å². The third-order valence-electron chi connectivity index (χ3n) is 6.60. The summed E-state index contributed by atoms with van der Waals surface area (Å²) in [6.07, 6.45) is -0.188. The molecular weight excluding hydrogens is 424 g/mol. The van der Waals surface area contributed by atoms with Gasteiger partial charge in [0, 0.05) is 35.3 Å². The highest BCUT2D eigenvalue weighted by Crippen LogP contribution is 2.40. The normalized spacial score (nSPS) is 15.0. The maximum atomic E-state index is 13.3. The molecule has 2 aromatic carbocycles. The van der Waals surface area contributed by atoms with Gasteiger partial charge in [-0.1, -0.05) is 0 Å². The number of carbonyl (C=O) groups is 1. The molecular formula is C29H42N2O3. The molecule has 1 aliphatic rings. The Bertz CT molecular complexity index is 917. The molecule has 0 saturated heterocycles. The Kier molecular flexibility index (Phi) is 8.10. The number of hydrogen-bond donors (Lipinski definition) is 0.